The Morgan fingerprint density at radius 2 is 1.97 bits per heavy atom. The zero-order chi connectivity index (χ0) is 20.4. The van der Waals surface area contributed by atoms with Crippen LogP contribution in [0.4, 0.5) is 5.69 Å². The van der Waals surface area contributed by atoms with E-state index in [9.17, 15) is 9.59 Å². The zero-order valence-corrected chi connectivity index (χ0v) is 17.0. The van der Waals surface area contributed by atoms with Crippen molar-refractivity contribution in [1.29, 1.82) is 0 Å². The molecule has 2 saturated heterocycles. The van der Waals surface area contributed by atoms with Crippen LogP contribution in [0.5, 0.6) is 0 Å². The lowest BCUT2D eigenvalue weighted by molar-refractivity contribution is -0.117. The minimum atomic E-state index is -0.214. The number of benzene rings is 1. The van der Waals surface area contributed by atoms with Crippen LogP contribution < -0.4 is 15.5 Å². The van der Waals surface area contributed by atoms with Crippen LogP contribution >= 0.6 is 0 Å². The summed E-state index contributed by atoms with van der Waals surface area (Å²) in [6.45, 7) is 6.55. The van der Waals surface area contributed by atoms with Crippen LogP contribution in [-0.2, 0) is 4.79 Å². The topological polar surface area (TPSA) is 92.2 Å². The fraction of sp³-hybridized carbons (Fsp3) is 0.524. The lowest BCUT2D eigenvalue weighted by Crippen LogP contribution is -2.31. The van der Waals surface area contributed by atoms with Crippen LogP contribution in [0.15, 0.2) is 24.3 Å². The highest BCUT2D eigenvalue weighted by Crippen LogP contribution is 2.24. The molecule has 2 amide bonds. The van der Waals surface area contributed by atoms with E-state index in [2.05, 4.69) is 20.9 Å². The van der Waals surface area contributed by atoms with Gasteiger partial charge in [0.2, 0.25) is 5.91 Å². The molecule has 0 radical (unpaired) electrons. The van der Waals surface area contributed by atoms with Gasteiger partial charge in [0.05, 0.1) is 17.8 Å². The van der Waals surface area contributed by atoms with E-state index >= 15 is 0 Å². The summed E-state index contributed by atoms with van der Waals surface area (Å²) in [6.07, 6.45) is 3.51. The fourth-order valence-corrected chi connectivity index (χ4v) is 4.16. The molecule has 4 rings (SSSR count). The summed E-state index contributed by atoms with van der Waals surface area (Å²) in [5.41, 5.74) is 3.09. The Morgan fingerprint density at radius 3 is 2.62 bits per heavy atom. The van der Waals surface area contributed by atoms with Gasteiger partial charge in [-0.1, -0.05) is 17.3 Å². The predicted molar refractivity (Wildman–Crippen MR) is 110 cm³/mol. The molecule has 0 saturated carbocycles. The lowest BCUT2D eigenvalue weighted by Gasteiger charge is -2.23. The third-order valence-electron chi connectivity index (χ3n) is 5.92. The van der Waals surface area contributed by atoms with Gasteiger partial charge in [0.1, 0.15) is 0 Å². The highest BCUT2D eigenvalue weighted by Gasteiger charge is 2.24. The van der Waals surface area contributed by atoms with E-state index in [1.165, 1.54) is 0 Å². The van der Waals surface area contributed by atoms with Crippen molar-refractivity contribution in [2.24, 2.45) is 0 Å². The molecule has 29 heavy (non-hydrogen) atoms. The highest BCUT2D eigenvalue weighted by molar-refractivity contribution is 5.95. The van der Waals surface area contributed by atoms with Gasteiger partial charge in [-0.05, 0) is 63.9 Å². The number of anilines is 1. The molecule has 2 N–H and O–H groups in total. The van der Waals surface area contributed by atoms with Crippen molar-refractivity contribution in [3.63, 3.8) is 0 Å². The molecule has 2 aromatic rings. The summed E-state index contributed by atoms with van der Waals surface area (Å²) in [4.78, 5) is 26.5. The highest BCUT2D eigenvalue weighted by atomic mass is 16.2. The molecule has 8 heteroatoms. The van der Waals surface area contributed by atoms with Gasteiger partial charge >= 0.3 is 0 Å². The maximum Gasteiger partial charge on any atom is 0.274 e. The molecule has 0 bridgehead atoms. The Hall–Kier alpha value is -2.74. The molecule has 1 aromatic heterocycles. The monoisotopic (exact) mass is 396 g/mol. The van der Waals surface area contributed by atoms with Crippen LogP contribution in [-0.4, -0.2) is 46.4 Å². The van der Waals surface area contributed by atoms with Gasteiger partial charge in [-0.2, -0.15) is 0 Å². The zero-order valence-electron chi connectivity index (χ0n) is 17.0. The van der Waals surface area contributed by atoms with Crippen molar-refractivity contribution in [1.82, 2.24) is 25.6 Å². The third kappa shape index (κ3) is 4.03. The molecular weight excluding hydrogens is 368 g/mol. The largest absolute Gasteiger partial charge is 0.344 e. The van der Waals surface area contributed by atoms with Gasteiger partial charge in [0, 0.05) is 18.7 Å². The number of hydrogen-bond acceptors (Lipinski definition) is 5. The number of carbonyl (C=O) groups is 2. The average Bonchev–Trinajstić information content (AvgIpc) is 3.34. The average molecular weight is 396 g/mol. The maximum absolute atomic E-state index is 12.8. The SMILES string of the molecule is Cc1c(C(=O)NC(C)c2ccc(N3CCCC3=O)cc2)nnn1C1CCNCC1. The first-order valence-corrected chi connectivity index (χ1v) is 10.4. The molecule has 2 fully saturated rings. The molecule has 3 heterocycles. The number of nitrogens with one attached hydrogen (secondary N) is 2. The van der Waals surface area contributed by atoms with E-state index in [-0.39, 0.29) is 17.9 Å². The molecule has 1 unspecified atom stereocenters. The predicted octanol–water partition coefficient (Wildman–Crippen LogP) is 2.13. The summed E-state index contributed by atoms with van der Waals surface area (Å²) >= 11 is 0. The second-order valence-electron chi connectivity index (χ2n) is 7.88. The van der Waals surface area contributed by atoms with Gasteiger partial charge in [-0.15, -0.1) is 5.10 Å². The maximum atomic E-state index is 12.8. The van der Waals surface area contributed by atoms with Gasteiger partial charge in [0.25, 0.3) is 5.91 Å². The number of piperidine rings is 1. The number of nitrogens with zero attached hydrogens (tertiary/aromatic N) is 4. The quantitative estimate of drug-likeness (QED) is 0.808. The van der Waals surface area contributed by atoms with Gasteiger partial charge < -0.3 is 15.5 Å². The van der Waals surface area contributed by atoms with Crippen molar-refractivity contribution < 1.29 is 9.59 Å². The van der Waals surface area contributed by atoms with Crippen molar-refractivity contribution in [3.8, 4) is 0 Å². The Labute approximate surface area is 170 Å². The minimum Gasteiger partial charge on any atom is -0.344 e. The van der Waals surface area contributed by atoms with Crippen LogP contribution in [0.1, 0.15) is 66.4 Å². The van der Waals surface area contributed by atoms with E-state index in [0.717, 1.165) is 55.8 Å². The number of carbonyl (C=O) groups excluding carboxylic acids is 2. The molecule has 8 nitrogen and oxygen atoms in total. The summed E-state index contributed by atoms with van der Waals surface area (Å²) in [5.74, 6) is -0.0413. The molecule has 0 aliphatic carbocycles. The minimum absolute atomic E-state index is 0.172. The molecule has 1 aromatic carbocycles. The van der Waals surface area contributed by atoms with Crippen LogP contribution in [0, 0.1) is 6.92 Å². The molecule has 0 spiro atoms. The summed E-state index contributed by atoms with van der Waals surface area (Å²) in [7, 11) is 0. The van der Waals surface area contributed by atoms with E-state index in [0.29, 0.717) is 18.2 Å². The summed E-state index contributed by atoms with van der Waals surface area (Å²) in [5, 5.41) is 14.8. The summed E-state index contributed by atoms with van der Waals surface area (Å²) in [6, 6.07) is 7.94. The van der Waals surface area contributed by atoms with Gasteiger partial charge in [0.15, 0.2) is 5.69 Å². The van der Waals surface area contributed by atoms with Crippen LogP contribution in [0.25, 0.3) is 0 Å². The lowest BCUT2D eigenvalue weighted by atomic mass is 10.1. The Balaban J connectivity index is 1.42. The number of hydrogen-bond donors (Lipinski definition) is 2. The molecule has 2 aliphatic rings. The smallest absolute Gasteiger partial charge is 0.274 e. The van der Waals surface area contributed by atoms with E-state index in [1.807, 2.05) is 47.7 Å². The normalized spacial score (nSPS) is 18.8. The second kappa shape index (κ2) is 8.32. The fourth-order valence-electron chi connectivity index (χ4n) is 4.16. The van der Waals surface area contributed by atoms with E-state index in [1.54, 1.807) is 0 Å². The first-order valence-electron chi connectivity index (χ1n) is 10.4. The van der Waals surface area contributed by atoms with Gasteiger partial charge in [-0.3, -0.25) is 9.59 Å². The molecule has 2 aliphatic heterocycles. The van der Waals surface area contributed by atoms with Crippen molar-refractivity contribution in [2.75, 3.05) is 24.5 Å². The van der Waals surface area contributed by atoms with Crippen LogP contribution in [0.3, 0.4) is 0 Å². The van der Waals surface area contributed by atoms with Gasteiger partial charge in [-0.25, -0.2) is 4.68 Å². The first kappa shape index (κ1) is 19.6. The van der Waals surface area contributed by atoms with Crippen LogP contribution in [0.2, 0.25) is 0 Å². The van der Waals surface area contributed by atoms with Crippen molar-refractivity contribution in [3.05, 3.63) is 41.2 Å². The Kier molecular flexibility index (Phi) is 5.62. The molecular formula is C21H28N6O2. The Morgan fingerprint density at radius 1 is 1.24 bits per heavy atom. The summed E-state index contributed by atoms with van der Waals surface area (Å²) < 4.78 is 1.89. The third-order valence-corrected chi connectivity index (χ3v) is 5.92. The van der Waals surface area contributed by atoms with Crippen molar-refractivity contribution >= 4 is 17.5 Å². The second-order valence-corrected chi connectivity index (χ2v) is 7.88. The first-order chi connectivity index (χ1) is 14.0. The number of amides is 2. The number of aromatic nitrogens is 3. The van der Waals surface area contributed by atoms with E-state index < -0.39 is 0 Å². The molecule has 154 valence electrons. The van der Waals surface area contributed by atoms with E-state index in [4.69, 9.17) is 0 Å². The number of rotatable bonds is 5. The Bertz CT molecular complexity index is 885. The molecule has 1 atom stereocenters. The van der Waals surface area contributed by atoms with Crippen molar-refractivity contribution in [2.45, 2.75) is 51.6 Å². The standard InChI is InChI=1S/C21H28N6O2/c1-14(16-5-7-17(8-6-16)26-13-3-4-19(26)28)23-21(29)20-15(2)27(25-24-20)18-9-11-22-12-10-18/h5-8,14,18,22H,3-4,9-13H2,1-2H3,(H,23,29).